The summed E-state index contributed by atoms with van der Waals surface area (Å²) in [6, 6.07) is 0. The fourth-order valence-electron chi connectivity index (χ4n) is 11.8. The SMILES string of the molecule is COC1C(OC2OC(CO)C(O)C(O)C2O)C(C)OC(OC2CCC3(C=O)C(CCC4C3CCC3(C)C(C5=CC(=O)OC5)CCC43O)C2)C1OC(C)=O. The molecular formula is C38H56O15. The van der Waals surface area contributed by atoms with Crippen LogP contribution in [0.4, 0.5) is 0 Å². The topological polar surface area (TPSA) is 217 Å². The van der Waals surface area contributed by atoms with Gasteiger partial charge in [0.15, 0.2) is 18.7 Å². The number of carbonyl (C=O) groups excluding carboxylic acids is 3. The molecule has 0 aromatic heterocycles. The molecule has 53 heavy (non-hydrogen) atoms. The molecule has 4 aliphatic carbocycles. The van der Waals surface area contributed by atoms with Gasteiger partial charge in [-0.05, 0) is 94.0 Å². The van der Waals surface area contributed by atoms with Crippen molar-refractivity contribution in [1.29, 1.82) is 0 Å². The third-order valence-electron chi connectivity index (χ3n) is 14.5. The number of aldehydes is 1. The highest BCUT2D eigenvalue weighted by molar-refractivity contribution is 5.85. The van der Waals surface area contributed by atoms with Crippen LogP contribution in [0.15, 0.2) is 11.6 Å². The van der Waals surface area contributed by atoms with E-state index >= 15 is 0 Å². The zero-order chi connectivity index (χ0) is 38.0. The summed E-state index contributed by atoms with van der Waals surface area (Å²) in [4.78, 5) is 37.6. The number of carbonyl (C=O) groups is 3. The van der Waals surface area contributed by atoms with Crippen molar-refractivity contribution in [1.82, 2.24) is 0 Å². The first-order valence-corrected chi connectivity index (χ1v) is 19.2. The van der Waals surface area contributed by atoms with E-state index < -0.39 is 90.4 Å². The minimum Gasteiger partial charge on any atom is -0.458 e. The van der Waals surface area contributed by atoms with Gasteiger partial charge in [0.05, 0.1) is 24.4 Å². The van der Waals surface area contributed by atoms with Crippen molar-refractivity contribution in [3.8, 4) is 0 Å². The van der Waals surface area contributed by atoms with E-state index in [1.807, 2.05) is 0 Å². The van der Waals surface area contributed by atoms with E-state index in [0.29, 0.717) is 25.7 Å². The first-order chi connectivity index (χ1) is 25.2. The summed E-state index contributed by atoms with van der Waals surface area (Å²) in [5.74, 6) is -0.874. The van der Waals surface area contributed by atoms with Crippen LogP contribution in [0.5, 0.6) is 0 Å². The molecule has 0 spiro atoms. The van der Waals surface area contributed by atoms with Crippen molar-refractivity contribution in [2.75, 3.05) is 20.3 Å². The number of fused-ring (bicyclic) bond motifs is 5. The number of esters is 2. The normalized spacial score (nSPS) is 51.0. The van der Waals surface area contributed by atoms with Crippen LogP contribution < -0.4 is 0 Å². The van der Waals surface area contributed by atoms with Crippen LogP contribution in [0, 0.1) is 34.5 Å². The van der Waals surface area contributed by atoms with Crippen molar-refractivity contribution in [2.24, 2.45) is 34.5 Å². The van der Waals surface area contributed by atoms with Gasteiger partial charge in [-0.3, -0.25) is 4.79 Å². The Morgan fingerprint density at radius 1 is 0.943 bits per heavy atom. The Bertz CT molecular complexity index is 1420. The van der Waals surface area contributed by atoms with Crippen LogP contribution in [0.25, 0.3) is 0 Å². The minimum absolute atomic E-state index is 0.0161. The molecule has 15 nitrogen and oxygen atoms in total. The molecule has 2 saturated heterocycles. The maximum Gasteiger partial charge on any atom is 0.331 e. The fraction of sp³-hybridized carbons (Fsp3) is 0.868. The van der Waals surface area contributed by atoms with Gasteiger partial charge in [-0.1, -0.05) is 6.92 Å². The van der Waals surface area contributed by atoms with Crippen LogP contribution in [0.2, 0.25) is 0 Å². The van der Waals surface area contributed by atoms with E-state index in [1.54, 1.807) is 13.0 Å². The van der Waals surface area contributed by atoms with Gasteiger partial charge in [0, 0.05) is 30.9 Å². The number of aliphatic hydroxyl groups excluding tert-OH is 4. The van der Waals surface area contributed by atoms with Crippen molar-refractivity contribution < 1.29 is 73.1 Å². The highest BCUT2D eigenvalue weighted by Crippen LogP contribution is 2.69. The Labute approximate surface area is 309 Å². The van der Waals surface area contributed by atoms with Crippen LogP contribution in [0.1, 0.15) is 78.6 Å². The number of rotatable bonds is 9. The summed E-state index contributed by atoms with van der Waals surface area (Å²) in [5, 5.41) is 53.4. The van der Waals surface area contributed by atoms with Gasteiger partial charge in [-0.2, -0.15) is 0 Å². The van der Waals surface area contributed by atoms with E-state index in [1.165, 1.54) is 14.0 Å². The summed E-state index contributed by atoms with van der Waals surface area (Å²) in [6.07, 6.45) is -3.79. The molecule has 0 bridgehead atoms. The number of ether oxygens (including phenoxy) is 7. The van der Waals surface area contributed by atoms with Gasteiger partial charge in [0.2, 0.25) is 0 Å². The Morgan fingerprint density at radius 3 is 2.38 bits per heavy atom. The molecule has 298 valence electrons. The first-order valence-electron chi connectivity index (χ1n) is 19.2. The standard InChI is InChI=1S/C38H56O15/c1-18-31(53-34-30(45)29(44)28(43)26(15-39)52-34)32(47-4)33(50-19(2)41)35(49-18)51-22-7-11-37(17-40)21(14-22)5-6-25-24(37)8-10-36(3)23(9-12-38(25,36)46)20-13-27(42)48-16-20/h13,17-18,21-26,28-35,39,43-46H,5-12,14-16H2,1-4H3. The van der Waals surface area contributed by atoms with Gasteiger partial charge in [0.25, 0.3) is 0 Å². The largest absolute Gasteiger partial charge is 0.458 e. The van der Waals surface area contributed by atoms with Gasteiger partial charge >= 0.3 is 11.9 Å². The summed E-state index contributed by atoms with van der Waals surface area (Å²) in [6.45, 7) is 4.76. The highest BCUT2D eigenvalue weighted by atomic mass is 16.8. The maximum absolute atomic E-state index is 13.3. The van der Waals surface area contributed by atoms with Crippen molar-refractivity contribution in [3.63, 3.8) is 0 Å². The van der Waals surface area contributed by atoms with Crippen LogP contribution in [0.3, 0.4) is 0 Å². The predicted octanol–water partition coefficient (Wildman–Crippen LogP) is 0.684. The molecule has 6 fully saturated rings. The smallest absolute Gasteiger partial charge is 0.331 e. The zero-order valence-corrected chi connectivity index (χ0v) is 30.9. The van der Waals surface area contributed by atoms with Crippen LogP contribution in [-0.4, -0.2) is 137 Å². The molecule has 3 heterocycles. The Hall–Kier alpha value is -2.05. The van der Waals surface area contributed by atoms with E-state index in [4.69, 9.17) is 33.2 Å². The molecule has 0 radical (unpaired) electrons. The first kappa shape index (κ1) is 39.2. The summed E-state index contributed by atoms with van der Waals surface area (Å²) >= 11 is 0. The molecule has 0 amide bonds. The van der Waals surface area contributed by atoms with Crippen molar-refractivity contribution in [2.45, 2.75) is 152 Å². The lowest BCUT2D eigenvalue weighted by molar-refractivity contribution is -0.362. The lowest BCUT2D eigenvalue weighted by atomic mass is 9.43. The number of hydrogen-bond acceptors (Lipinski definition) is 15. The fourth-order valence-corrected chi connectivity index (χ4v) is 11.8. The second kappa shape index (κ2) is 14.8. The number of cyclic esters (lactones) is 1. The predicted molar refractivity (Wildman–Crippen MR) is 180 cm³/mol. The molecule has 0 aromatic carbocycles. The molecule has 18 unspecified atom stereocenters. The average molecular weight is 753 g/mol. The molecule has 15 heteroatoms. The molecule has 7 rings (SSSR count). The lowest BCUT2D eigenvalue weighted by Crippen LogP contribution is -2.65. The highest BCUT2D eigenvalue weighted by Gasteiger charge is 2.69. The van der Waals surface area contributed by atoms with Crippen molar-refractivity contribution >= 4 is 18.2 Å². The van der Waals surface area contributed by atoms with Gasteiger partial charge in [-0.15, -0.1) is 0 Å². The second-order valence-corrected chi connectivity index (χ2v) is 16.8. The quantitative estimate of drug-likeness (QED) is 0.124. The molecule has 5 N–H and O–H groups in total. The molecule has 7 aliphatic rings. The van der Waals surface area contributed by atoms with Crippen LogP contribution >= 0.6 is 0 Å². The monoisotopic (exact) mass is 752 g/mol. The molecule has 18 atom stereocenters. The van der Waals surface area contributed by atoms with Gasteiger partial charge < -0.3 is 63.5 Å². The Morgan fingerprint density at radius 2 is 1.72 bits per heavy atom. The van der Waals surface area contributed by atoms with Gasteiger partial charge in [0.1, 0.15) is 49.5 Å². The van der Waals surface area contributed by atoms with E-state index in [9.17, 15) is 39.9 Å². The second-order valence-electron chi connectivity index (χ2n) is 16.8. The maximum atomic E-state index is 13.3. The van der Waals surface area contributed by atoms with E-state index in [2.05, 4.69) is 6.92 Å². The Kier molecular flexibility index (Phi) is 10.9. The minimum atomic E-state index is -1.66. The zero-order valence-electron chi connectivity index (χ0n) is 30.9. The lowest BCUT2D eigenvalue weighted by Gasteiger charge is -2.63. The molecule has 3 aliphatic heterocycles. The average Bonchev–Trinajstić information content (AvgIpc) is 3.68. The number of aliphatic hydroxyl groups is 5. The molecule has 0 aromatic rings. The summed E-state index contributed by atoms with van der Waals surface area (Å²) in [5.41, 5.74) is -1.00. The van der Waals surface area contributed by atoms with Crippen LogP contribution in [-0.2, 0) is 47.5 Å². The van der Waals surface area contributed by atoms with Crippen molar-refractivity contribution in [3.05, 3.63) is 11.6 Å². The van der Waals surface area contributed by atoms with Gasteiger partial charge in [-0.25, -0.2) is 4.79 Å². The summed E-state index contributed by atoms with van der Waals surface area (Å²) < 4.78 is 41.3. The Balaban J connectivity index is 1.05. The van der Waals surface area contributed by atoms with E-state index in [0.717, 1.165) is 44.0 Å². The molecular weight excluding hydrogens is 696 g/mol. The number of methoxy groups -OCH3 is 1. The number of hydrogen-bond donors (Lipinski definition) is 5. The van der Waals surface area contributed by atoms with E-state index in [-0.39, 0.29) is 42.4 Å². The third-order valence-corrected chi connectivity index (χ3v) is 14.5. The summed E-state index contributed by atoms with van der Waals surface area (Å²) in [7, 11) is 1.41. The third kappa shape index (κ3) is 6.40. The molecule has 4 saturated carbocycles.